The first kappa shape index (κ1) is 15.9. The van der Waals surface area contributed by atoms with Gasteiger partial charge in [-0.25, -0.2) is 4.68 Å². The van der Waals surface area contributed by atoms with E-state index in [0.717, 1.165) is 17.0 Å². The normalized spacial score (nSPS) is 12.0. The number of aryl methyl sites for hydroxylation is 1. The van der Waals surface area contributed by atoms with Crippen LogP contribution in [0.25, 0.3) is 5.69 Å². The van der Waals surface area contributed by atoms with E-state index >= 15 is 0 Å². The van der Waals surface area contributed by atoms with Gasteiger partial charge in [-0.2, -0.15) is 5.10 Å². The van der Waals surface area contributed by atoms with Gasteiger partial charge in [0, 0.05) is 11.8 Å². The molecule has 124 valence electrons. The van der Waals surface area contributed by atoms with Gasteiger partial charge < -0.3 is 14.5 Å². The number of benzene rings is 1. The third kappa shape index (κ3) is 3.03. The van der Waals surface area contributed by atoms with Crippen molar-refractivity contribution in [2.45, 2.75) is 19.9 Å². The number of hydrogen-bond acceptors (Lipinski definition) is 4. The van der Waals surface area contributed by atoms with Crippen LogP contribution in [-0.4, -0.2) is 22.8 Å². The number of hydrogen-bond donors (Lipinski definition) is 1. The molecule has 0 aliphatic carbocycles. The molecule has 1 unspecified atom stereocenters. The van der Waals surface area contributed by atoms with Crippen molar-refractivity contribution < 1.29 is 13.9 Å². The smallest absolute Gasteiger partial charge is 0.255 e. The Balaban J connectivity index is 1.78. The number of furan rings is 1. The summed E-state index contributed by atoms with van der Waals surface area (Å²) in [5.41, 5.74) is 2.28. The van der Waals surface area contributed by atoms with E-state index in [1.165, 1.54) is 6.26 Å². The highest BCUT2D eigenvalue weighted by atomic mass is 16.5. The minimum atomic E-state index is -0.185. The second-order valence-electron chi connectivity index (χ2n) is 5.48. The molecule has 1 N–H and O–H groups in total. The summed E-state index contributed by atoms with van der Waals surface area (Å²) in [6.07, 6.45) is 5.12. The van der Waals surface area contributed by atoms with Gasteiger partial charge in [0.25, 0.3) is 5.91 Å². The van der Waals surface area contributed by atoms with Crippen LogP contribution in [0, 0.1) is 6.92 Å². The number of para-hydroxylation sites is 2. The van der Waals surface area contributed by atoms with E-state index in [0.29, 0.717) is 11.3 Å². The number of aromatic nitrogens is 2. The fraction of sp³-hybridized carbons (Fsp3) is 0.222. The Morgan fingerprint density at radius 3 is 2.83 bits per heavy atom. The first-order chi connectivity index (χ1) is 11.6. The number of carbonyl (C=O) groups excluding carboxylic acids is 1. The Bertz CT molecular complexity index is 851. The van der Waals surface area contributed by atoms with Gasteiger partial charge in [0.2, 0.25) is 0 Å². The van der Waals surface area contributed by atoms with Crippen molar-refractivity contribution in [3.8, 4) is 11.4 Å². The van der Waals surface area contributed by atoms with Crippen LogP contribution in [0.1, 0.15) is 34.6 Å². The zero-order chi connectivity index (χ0) is 17.1. The van der Waals surface area contributed by atoms with Crippen molar-refractivity contribution in [2.75, 3.05) is 7.11 Å². The number of amides is 1. The predicted molar refractivity (Wildman–Crippen MR) is 89.4 cm³/mol. The van der Waals surface area contributed by atoms with Crippen molar-refractivity contribution in [1.82, 2.24) is 15.1 Å². The van der Waals surface area contributed by atoms with Gasteiger partial charge in [0.1, 0.15) is 17.2 Å². The fourth-order valence-corrected chi connectivity index (χ4v) is 2.49. The van der Waals surface area contributed by atoms with Crippen LogP contribution in [0.5, 0.6) is 5.75 Å². The minimum Gasteiger partial charge on any atom is -0.494 e. The van der Waals surface area contributed by atoms with Gasteiger partial charge in [-0.3, -0.25) is 4.79 Å². The Morgan fingerprint density at radius 2 is 2.12 bits per heavy atom. The molecule has 0 fully saturated rings. The first-order valence-corrected chi connectivity index (χ1v) is 7.63. The van der Waals surface area contributed by atoms with Crippen molar-refractivity contribution in [2.24, 2.45) is 0 Å². The molecule has 1 aromatic carbocycles. The number of carbonyl (C=O) groups is 1. The molecule has 0 radical (unpaired) electrons. The molecular formula is C18H19N3O3. The van der Waals surface area contributed by atoms with Gasteiger partial charge in [0.05, 0.1) is 31.2 Å². The maximum atomic E-state index is 12.3. The second kappa shape index (κ2) is 6.62. The average Bonchev–Trinajstić information content (AvgIpc) is 3.23. The van der Waals surface area contributed by atoms with E-state index in [2.05, 4.69) is 10.4 Å². The lowest BCUT2D eigenvalue weighted by Crippen LogP contribution is -2.26. The monoisotopic (exact) mass is 325 g/mol. The van der Waals surface area contributed by atoms with Crippen molar-refractivity contribution in [1.29, 1.82) is 0 Å². The largest absolute Gasteiger partial charge is 0.494 e. The van der Waals surface area contributed by atoms with Gasteiger partial charge >= 0.3 is 0 Å². The van der Waals surface area contributed by atoms with Crippen LogP contribution < -0.4 is 10.1 Å². The zero-order valence-electron chi connectivity index (χ0n) is 13.8. The Morgan fingerprint density at radius 1 is 1.33 bits per heavy atom. The lowest BCUT2D eigenvalue weighted by Gasteiger charge is -2.12. The molecule has 6 nitrogen and oxygen atoms in total. The highest BCUT2D eigenvalue weighted by molar-refractivity contribution is 5.95. The molecule has 0 bridgehead atoms. The molecule has 0 aliphatic heterocycles. The molecule has 0 saturated heterocycles. The average molecular weight is 325 g/mol. The minimum absolute atomic E-state index is 0.168. The summed E-state index contributed by atoms with van der Waals surface area (Å²) in [4.78, 5) is 12.3. The van der Waals surface area contributed by atoms with Crippen molar-refractivity contribution in [3.63, 3.8) is 0 Å². The summed E-state index contributed by atoms with van der Waals surface area (Å²) >= 11 is 0. The van der Waals surface area contributed by atoms with E-state index in [9.17, 15) is 4.79 Å². The Labute approximate surface area is 140 Å². The molecule has 24 heavy (non-hydrogen) atoms. The molecular weight excluding hydrogens is 306 g/mol. The van der Waals surface area contributed by atoms with Gasteiger partial charge in [-0.1, -0.05) is 12.1 Å². The molecule has 0 spiro atoms. The fourth-order valence-electron chi connectivity index (χ4n) is 2.49. The van der Waals surface area contributed by atoms with Gasteiger partial charge in [-0.05, 0) is 32.0 Å². The Kier molecular flexibility index (Phi) is 4.37. The summed E-state index contributed by atoms with van der Waals surface area (Å²) in [5, 5.41) is 7.32. The molecule has 6 heteroatoms. The second-order valence-corrected chi connectivity index (χ2v) is 5.48. The highest BCUT2D eigenvalue weighted by Gasteiger charge is 2.17. The first-order valence-electron chi connectivity index (χ1n) is 7.63. The van der Waals surface area contributed by atoms with Crippen LogP contribution in [-0.2, 0) is 0 Å². The lowest BCUT2D eigenvalue weighted by molar-refractivity contribution is 0.0938. The number of methoxy groups -OCH3 is 1. The van der Waals surface area contributed by atoms with Crippen molar-refractivity contribution in [3.05, 3.63) is 65.9 Å². The van der Waals surface area contributed by atoms with E-state index in [-0.39, 0.29) is 11.9 Å². The topological polar surface area (TPSA) is 69.3 Å². The van der Waals surface area contributed by atoms with E-state index in [4.69, 9.17) is 9.15 Å². The summed E-state index contributed by atoms with van der Waals surface area (Å²) in [6.45, 7) is 3.68. The third-order valence-corrected chi connectivity index (χ3v) is 3.89. The van der Waals surface area contributed by atoms with Gasteiger partial charge in [0.15, 0.2) is 0 Å². The van der Waals surface area contributed by atoms with Crippen LogP contribution in [0.4, 0.5) is 0 Å². The number of ether oxygens (including phenoxy) is 1. The van der Waals surface area contributed by atoms with Crippen LogP contribution in [0.3, 0.4) is 0 Å². The molecule has 2 heterocycles. The highest BCUT2D eigenvalue weighted by Crippen LogP contribution is 2.23. The third-order valence-electron chi connectivity index (χ3n) is 3.89. The van der Waals surface area contributed by atoms with Crippen LogP contribution in [0.2, 0.25) is 0 Å². The summed E-state index contributed by atoms with van der Waals surface area (Å²) in [6, 6.07) is 9.11. The standard InChI is InChI=1S/C18H19N3O3/c1-12(20-18(22)15-8-9-24-13(15)2)14-10-19-21(11-14)16-6-4-5-7-17(16)23-3/h4-12H,1-3H3,(H,20,22). The lowest BCUT2D eigenvalue weighted by atomic mass is 10.1. The molecule has 3 aromatic rings. The molecule has 1 amide bonds. The maximum Gasteiger partial charge on any atom is 0.255 e. The number of rotatable bonds is 5. The molecule has 0 aliphatic rings. The van der Waals surface area contributed by atoms with E-state index < -0.39 is 0 Å². The molecule has 1 atom stereocenters. The number of nitrogens with one attached hydrogen (secondary N) is 1. The van der Waals surface area contributed by atoms with Gasteiger partial charge in [-0.15, -0.1) is 0 Å². The Hall–Kier alpha value is -3.02. The summed E-state index contributed by atoms with van der Waals surface area (Å²) < 4.78 is 12.3. The molecule has 3 rings (SSSR count). The molecule has 2 aromatic heterocycles. The van der Waals surface area contributed by atoms with Crippen LogP contribution in [0.15, 0.2) is 53.4 Å². The molecule has 0 saturated carbocycles. The quantitative estimate of drug-likeness (QED) is 0.781. The van der Waals surface area contributed by atoms with E-state index in [1.54, 1.807) is 31.0 Å². The predicted octanol–water partition coefficient (Wildman–Crippen LogP) is 3.27. The summed E-state index contributed by atoms with van der Waals surface area (Å²) in [7, 11) is 1.62. The van der Waals surface area contributed by atoms with Crippen molar-refractivity contribution >= 4 is 5.91 Å². The van der Waals surface area contributed by atoms with Crippen LogP contribution >= 0.6 is 0 Å². The number of nitrogens with zero attached hydrogens (tertiary/aromatic N) is 2. The zero-order valence-corrected chi connectivity index (χ0v) is 13.8. The summed E-state index contributed by atoms with van der Waals surface area (Å²) in [5.74, 6) is 1.17. The SMILES string of the molecule is COc1ccccc1-n1cc(C(C)NC(=O)c2ccoc2C)cn1. The van der Waals surface area contributed by atoms with E-state index in [1.807, 2.05) is 37.4 Å². The maximum absolute atomic E-state index is 12.3.